The molecule has 1 heterocycles. The van der Waals surface area contributed by atoms with Crippen molar-refractivity contribution in [1.29, 1.82) is 0 Å². The molecule has 0 N–H and O–H groups in total. The summed E-state index contributed by atoms with van der Waals surface area (Å²) in [5.41, 5.74) is 2.48. The van der Waals surface area contributed by atoms with E-state index in [1.54, 1.807) is 24.0 Å². The number of amides is 1. The van der Waals surface area contributed by atoms with E-state index in [1.165, 1.54) is 11.6 Å². The third kappa shape index (κ3) is 3.58. The quantitative estimate of drug-likeness (QED) is 0.856. The van der Waals surface area contributed by atoms with Gasteiger partial charge >= 0.3 is 0 Å². The van der Waals surface area contributed by atoms with Crippen LogP contribution in [0.25, 0.3) is 0 Å². The predicted octanol–water partition coefficient (Wildman–Crippen LogP) is 2.64. The normalized spacial score (nSPS) is 16.9. The first-order chi connectivity index (χ1) is 9.61. The van der Waals surface area contributed by atoms with Gasteiger partial charge in [-0.2, -0.15) is 0 Å². The van der Waals surface area contributed by atoms with E-state index in [9.17, 15) is 9.18 Å². The molecule has 1 aromatic carbocycles. The summed E-state index contributed by atoms with van der Waals surface area (Å²) in [6, 6.07) is 4.65. The molecule has 5 heteroatoms. The largest absolute Gasteiger partial charge is 0.336 e. The summed E-state index contributed by atoms with van der Waals surface area (Å²) in [6.07, 6.45) is 1.88. The maximum Gasteiger partial charge on any atom is 0.254 e. The molecular weight excluding hydrogens is 279 g/mol. The number of rotatable bonds is 3. The standard InChI is InChI=1S/C15H18ClFN2O/c1-12-3-4-13(11-14(12)17)15(20)19-9-7-18(8-10-19)6-2-5-16/h2-5,11H,6-10H2,1H3. The summed E-state index contributed by atoms with van der Waals surface area (Å²) in [7, 11) is 0. The maximum absolute atomic E-state index is 13.5. The highest BCUT2D eigenvalue weighted by Gasteiger charge is 2.21. The summed E-state index contributed by atoms with van der Waals surface area (Å²) in [5, 5.41) is 0. The van der Waals surface area contributed by atoms with Gasteiger partial charge in [0, 0.05) is 43.8 Å². The van der Waals surface area contributed by atoms with Gasteiger partial charge in [-0.3, -0.25) is 9.69 Å². The van der Waals surface area contributed by atoms with Gasteiger partial charge in [-0.15, -0.1) is 0 Å². The summed E-state index contributed by atoms with van der Waals surface area (Å²) in [5.74, 6) is -0.432. The Morgan fingerprint density at radius 1 is 1.35 bits per heavy atom. The van der Waals surface area contributed by atoms with Crippen LogP contribution in [0.5, 0.6) is 0 Å². The highest BCUT2D eigenvalue weighted by atomic mass is 35.5. The van der Waals surface area contributed by atoms with Crippen LogP contribution in [0.15, 0.2) is 29.8 Å². The fourth-order valence-corrected chi connectivity index (χ4v) is 2.31. The first-order valence-corrected chi connectivity index (χ1v) is 7.08. The van der Waals surface area contributed by atoms with Gasteiger partial charge in [0.1, 0.15) is 5.82 Å². The number of hydrogen-bond acceptors (Lipinski definition) is 2. The molecule has 108 valence electrons. The average molecular weight is 297 g/mol. The van der Waals surface area contributed by atoms with Gasteiger partial charge in [-0.25, -0.2) is 4.39 Å². The molecule has 0 aromatic heterocycles. The molecule has 0 unspecified atom stereocenters. The molecule has 0 bridgehead atoms. The Kier molecular flexibility index (Phi) is 5.15. The Labute approximate surface area is 123 Å². The number of aryl methyl sites for hydroxylation is 1. The van der Waals surface area contributed by atoms with E-state index in [1.807, 2.05) is 6.08 Å². The van der Waals surface area contributed by atoms with Crippen molar-refractivity contribution in [3.63, 3.8) is 0 Å². The van der Waals surface area contributed by atoms with Crippen molar-refractivity contribution in [3.05, 3.63) is 46.8 Å². The molecule has 3 nitrogen and oxygen atoms in total. The number of nitrogens with zero attached hydrogens (tertiary/aromatic N) is 2. The SMILES string of the molecule is Cc1ccc(C(=O)N2CCN(CC=CCl)CC2)cc1F. The van der Waals surface area contributed by atoms with Gasteiger partial charge < -0.3 is 4.90 Å². The Balaban J connectivity index is 1.96. The molecule has 1 aliphatic heterocycles. The van der Waals surface area contributed by atoms with Crippen LogP contribution in [-0.2, 0) is 0 Å². The summed E-state index contributed by atoms with van der Waals surface area (Å²) >= 11 is 5.50. The highest BCUT2D eigenvalue weighted by Crippen LogP contribution is 2.13. The molecule has 2 rings (SSSR count). The first kappa shape index (κ1) is 15.0. The molecule has 0 saturated carbocycles. The van der Waals surface area contributed by atoms with Crippen molar-refractivity contribution in [1.82, 2.24) is 9.80 Å². The average Bonchev–Trinajstić information content (AvgIpc) is 2.48. The van der Waals surface area contributed by atoms with E-state index in [4.69, 9.17) is 11.6 Å². The van der Waals surface area contributed by atoms with Crippen molar-refractivity contribution < 1.29 is 9.18 Å². The van der Waals surface area contributed by atoms with Crippen molar-refractivity contribution >= 4 is 17.5 Å². The summed E-state index contributed by atoms with van der Waals surface area (Å²) in [6.45, 7) is 5.41. The second-order valence-electron chi connectivity index (χ2n) is 4.92. The molecule has 1 aliphatic rings. The molecule has 1 saturated heterocycles. The lowest BCUT2D eigenvalue weighted by atomic mass is 10.1. The molecule has 0 spiro atoms. The lowest BCUT2D eigenvalue weighted by Gasteiger charge is -2.34. The Morgan fingerprint density at radius 3 is 2.65 bits per heavy atom. The molecule has 0 aliphatic carbocycles. The third-order valence-corrected chi connectivity index (χ3v) is 3.71. The Morgan fingerprint density at radius 2 is 2.05 bits per heavy atom. The topological polar surface area (TPSA) is 23.6 Å². The number of carbonyl (C=O) groups excluding carboxylic acids is 1. The number of carbonyl (C=O) groups is 1. The van der Waals surface area contributed by atoms with Crippen molar-refractivity contribution in [2.75, 3.05) is 32.7 Å². The zero-order chi connectivity index (χ0) is 14.5. The summed E-state index contributed by atoms with van der Waals surface area (Å²) < 4.78 is 13.5. The van der Waals surface area contributed by atoms with Gasteiger partial charge in [0.2, 0.25) is 0 Å². The molecular formula is C15H18ClFN2O. The Hall–Kier alpha value is -1.39. The van der Waals surface area contributed by atoms with Crippen LogP contribution >= 0.6 is 11.6 Å². The fourth-order valence-electron chi connectivity index (χ4n) is 2.23. The van der Waals surface area contributed by atoms with Gasteiger partial charge in [0.15, 0.2) is 0 Å². The van der Waals surface area contributed by atoms with Crippen molar-refractivity contribution in [2.24, 2.45) is 0 Å². The van der Waals surface area contributed by atoms with Crippen molar-refractivity contribution in [3.8, 4) is 0 Å². The maximum atomic E-state index is 13.5. The fraction of sp³-hybridized carbons (Fsp3) is 0.400. The first-order valence-electron chi connectivity index (χ1n) is 6.65. The number of piperazine rings is 1. The monoisotopic (exact) mass is 296 g/mol. The van der Waals surface area contributed by atoms with Crippen LogP contribution < -0.4 is 0 Å². The Bertz CT molecular complexity index is 511. The number of benzene rings is 1. The highest BCUT2D eigenvalue weighted by molar-refractivity contribution is 6.25. The molecule has 20 heavy (non-hydrogen) atoms. The van der Waals surface area contributed by atoms with Crippen LogP contribution in [0.1, 0.15) is 15.9 Å². The molecule has 0 radical (unpaired) electrons. The lowest BCUT2D eigenvalue weighted by Crippen LogP contribution is -2.48. The van der Waals surface area contributed by atoms with Gasteiger partial charge in [0.25, 0.3) is 5.91 Å². The van der Waals surface area contributed by atoms with E-state index in [0.717, 1.165) is 19.6 Å². The second kappa shape index (κ2) is 6.86. The van der Waals surface area contributed by atoms with E-state index >= 15 is 0 Å². The number of halogens is 2. The molecule has 1 fully saturated rings. The van der Waals surface area contributed by atoms with E-state index < -0.39 is 0 Å². The molecule has 1 amide bonds. The zero-order valence-corrected chi connectivity index (χ0v) is 12.2. The minimum atomic E-state index is -0.332. The van der Waals surface area contributed by atoms with E-state index in [0.29, 0.717) is 24.2 Å². The van der Waals surface area contributed by atoms with Gasteiger partial charge in [-0.05, 0) is 24.6 Å². The second-order valence-corrected chi connectivity index (χ2v) is 5.17. The minimum absolute atomic E-state index is 0.101. The number of hydrogen-bond donors (Lipinski definition) is 0. The minimum Gasteiger partial charge on any atom is -0.336 e. The van der Waals surface area contributed by atoms with Gasteiger partial charge in [0.05, 0.1) is 0 Å². The van der Waals surface area contributed by atoms with Crippen LogP contribution in [0.4, 0.5) is 4.39 Å². The predicted molar refractivity (Wildman–Crippen MR) is 78.5 cm³/mol. The van der Waals surface area contributed by atoms with E-state index in [-0.39, 0.29) is 11.7 Å². The summed E-state index contributed by atoms with van der Waals surface area (Å²) in [4.78, 5) is 16.3. The molecule has 0 atom stereocenters. The van der Waals surface area contributed by atoms with Crippen LogP contribution in [0, 0.1) is 12.7 Å². The smallest absolute Gasteiger partial charge is 0.254 e. The molecule has 1 aromatic rings. The zero-order valence-electron chi connectivity index (χ0n) is 11.5. The van der Waals surface area contributed by atoms with E-state index in [2.05, 4.69) is 4.90 Å². The van der Waals surface area contributed by atoms with Crippen molar-refractivity contribution in [2.45, 2.75) is 6.92 Å². The van der Waals surface area contributed by atoms with Crippen LogP contribution in [0.3, 0.4) is 0 Å². The van der Waals surface area contributed by atoms with Crippen LogP contribution in [0.2, 0.25) is 0 Å². The lowest BCUT2D eigenvalue weighted by molar-refractivity contribution is 0.0649. The van der Waals surface area contributed by atoms with Gasteiger partial charge in [-0.1, -0.05) is 23.7 Å². The third-order valence-electron chi connectivity index (χ3n) is 3.53. The van der Waals surface area contributed by atoms with Crippen LogP contribution in [-0.4, -0.2) is 48.4 Å².